The van der Waals surface area contributed by atoms with Gasteiger partial charge in [0.05, 0.1) is 13.0 Å². The van der Waals surface area contributed by atoms with Crippen LogP contribution in [0.1, 0.15) is 39.5 Å². The lowest BCUT2D eigenvalue weighted by Gasteiger charge is -2.37. The molecule has 0 radical (unpaired) electrons. The molecular formula is C19H30N2O2. The van der Waals surface area contributed by atoms with Crippen LogP contribution >= 0.6 is 0 Å². The van der Waals surface area contributed by atoms with Gasteiger partial charge in [0.1, 0.15) is 5.75 Å². The minimum atomic E-state index is 0.0728. The Morgan fingerprint density at radius 1 is 1.17 bits per heavy atom. The fourth-order valence-electron chi connectivity index (χ4n) is 3.12. The van der Waals surface area contributed by atoms with Gasteiger partial charge in [0.25, 0.3) is 0 Å². The molecule has 1 N–H and O–H groups in total. The second kappa shape index (κ2) is 9.56. The quantitative estimate of drug-likeness (QED) is 0.801. The number of likely N-dealkylation sites (tertiary alicyclic amines) is 1. The van der Waals surface area contributed by atoms with E-state index in [9.17, 15) is 4.79 Å². The number of nitrogens with one attached hydrogen (secondary N) is 1. The number of ether oxygens (including phenoxy) is 1. The first-order valence-electron chi connectivity index (χ1n) is 8.85. The number of rotatable bonds is 8. The zero-order valence-electron chi connectivity index (χ0n) is 14.5. The van der Waals surface area contributed by atoms with E-state index in [1.54, 1.807) is 0 Å². The molecule has 1 heterocycles. The van der Waals surface area contributed by atoms with E-state index >= 15 is 0 Å². The van der Waals surface area contributed by atoms with Crippen molar-refractivity contribution >= 4 is 5.91 Å². The van der Waals surface area contributed by atoms with E-state index in [0.29, 0.717) is 25.0 Å². The molecule has 1 aromatic rings. The molecule has 0 aromatic heterocycles. The van der Waals surface area contributed by atoms with Gasteiger partial charge in [-0.3, -0.25) is 9.69 Å². The molecular weight excluding hydrogens is 288 g/mol. The summed E-state index contributed by atoms with van der Waals surface area (Å²) in [6, 6.07) is 10.1. The second-order valence-corrected chi connectivity index (χ2v) is 6.62. The van der Waals surface area contributed by atoms with Crippen LogP contribution in [0.25, 0.3) is 0 Å². The summed E-state index contributed by atoms with van der Waals surface area (Å²) in [7, 11) is 0. The molecule has 0 bridgehead atoms. The summed E-state index contributed by atoms with van der Waals surface area (Å²) in [6.45, 7) is 7.97. The molecule has 2 rings (SSSR count). The number of carbonyl (C=O) groups excluding carboxylic acids is 1. The van der Waals surface area contributed by atoms with Crippen molar-refractivity contribution in [3.8, 4) is 5.75 Å². The Kier molecular flexibility index (Phi) is 7.40. The molecule has 1 saturated heterocycles. The predicted octanol–water partition coefficient (Wildman–Crippen LogP) is 3.08. The first kappa shape index (κ1) is 17.8. The highest BCUT2D eigenvalue weighted by molar-refractivity contribution is 5.76. The molecule has 1 unspecified atom stereocenters. The normalized spacial score (nSPS) is 17.0. The Morgan fingerprint density at radius 3 is 2.52 bits per heavy atom. The lowest BCUT2D eigenvalue weighted by Crippen LogP contribution is -2.48. The van der Waals surface area contributed by atoms with Crippen LogP contribution in [0.4, 0.5) is 0 Å². The van der Waals surface area contributed by atoms with Gasteiger partial charge in [-0.15, -0.1) is 0 Å². The maximum Gasteiger partial charge on any atom is 0.223 e. The number of piperidine rings is 1. The van der Waals surface area contributed by atoms with Gasteiger partial charge < -0.3 is 10.1 Å². The van der Waals surface area contributed by atoms with Crippen molar-refractivity contribution < 1.29 is 9.53 Å². The van der Waals surface area contributed by atoms with Crippen molar-refractivity contribution in [2.45, 2.75) is 45.6 Å². The molecule has 1 atom stereocenters. The monoisotopic (exact) mass is 318 g/mol. The molecule has 1 fully saturated rings. The highest BCUT2D eigenvalue weighted by Crippen LogP contribution is 2.17. The summed E-state index contributed by atoms with van der Waals surface area (Å²) >= 11 is 0. The lowest BCUT2D eigenvalue weighted by atomic mass is 9.99. The minimum absolute atomic E-state index is 0.0728. The number of hydrogen-bond acceptors (Lipinski definition) is 3. The highest BCUT2D eigenvalue weighted by Gasteiger charge is 2.23. The second-order valence-electron chi connectivity index (χ2n) is 6.62. The Bertz CT molecular complexity index is 456. The third-order valence-corrected chi connectivity index (χ3v) is 4.48. The Hall–Kier alpha value is -1.55. The van der Waals surface area contributed by atoms with E-state index in [4.69, 9.17) is 4.74 Å². The van der Waals surface area contributed by atoms with Crippen LogP contribution < -0.4 is 10.1 Å². The molecule has 4 heteroatoms. The van der Waals surface area contributed by atoms with Crippen molar-refractivity contribution in [3.63, 3.8) is 0 Å². The molecule has 1 aromatic carbocycles. The maximum atomic E-state index is 12.0. The molecule has 0 aliphatic carbocycles. The third-order valence-electron chi connectivity index (χ3n) is 4.48. The van der Waals surface area contributed by atoms with E-state index in [1.165, 1.54) is 19.3 Å². The van der Waals surface area contributed by atoms with E-state index in [-0.39, 0.29) is 5.91 Å². The van der Waals surface area contributed by atoms with E-state index in [2.05, 4.69) is 24.1 Å². The van der Waals surface area contributed by atoms with E-state index in [1.807, 2.05) is 30.3 Å². The first-order valence-corrected chi connectivity index (χ1v) is 8.85. The van der Waals surface area contributed by atoms with Crippen LogP contribution in [0.15, 0.2) is 30.3 Å². The van der Waals surface area contributed by atoms with E-state index < -0.39 is 0 Å². The van der Waals surface area contributed by atoms with Crippen LogP contribution in [0.3, 0.4) is 0 Å². The van der Waals surface area contributed by atoms with Gasteiger partial charge in [0.2, 0.25) is 5.91 Å². The van der Waals surface area contributed by atoms with Crippen molar-refractivity contribution in [2.75, 3.05) is 26.2 Å². The van der Waals surface area contributed by atoms with Gasteiger partial charge >= 0.3 is 0 Å². The van der Waals surface area contributed by atoms with Crippen molar-refractivity contribution in [1.29, 1.82) is 0 Å². The van der Waals surface area contributed by atoms with Gasteiger partial charge in [-0.05, 0) is 44.0 Å². The van der Waals surface area contributed by atoms with Gasteiger partial charge in [-0.1, -0.05) is 38.5 Å². The number of para-hydroxylation sites is 1. The molecule has 1 aliphatic heterocycles. The Labute approximate surface area is 140 Å². The third kappa shape index (κ3) is 6.22. The zero-order valence-corrected chi connectivity index (χ0v) is 14.5. The summed E-state index contributed by atoms with van der Waals surface area (Å²) in [4.78, 5) is 14.6. The fourth-order valence-corrected chi connectivity index (χ4v) is 3.12. The number of carbonyl (C=O) groups is 1. The summed E-state index contributed by atoms with van der Waals surface area (Å²) in [6.07, 6.45) is 4.30. The predicted molar refractivity (Wildman–Crippen MR) is 93.6 cm³/mol. The molecule has 0 spiro atoms. The fraction of sp³-hybridized carbons (Fsp3) is 0.632. The van der Waals surface area contributed by atoms with Gasteiger partial charge in [-0.25, -0.2) is 0 Å². The maximum absolute atomic E-state index is 12.0. The van der Waals surface area contributed by atoms with Crippen molar-refractivity contribution in [3.05, 3.63) is 30.3 Å². The Balaban J connectivity index is 1.69. The molecule has 128 valence electrons. The van der Waals surface area contributed by atoms with Crippen LogP contribution in [-0.2, 0) is 4.79 Å². The smallest absolute Gasteiger partial charge is 0.223 e. The summed E-state index contributed by atoms with van der Waals surface area (Å²) in [5, 5.41) is 3.09. The van der Waals surface area contributed by atoms with E-state index in [0.717, 1.165) is 25.4 Å². The molecule has 1 amide bonds. The van der Waals surface area contributed by atoms with Gasteiger partial charge in [0, 0.05) is 12.6 Å². The SMILES string of the molecule is CC(C)C(CNC(=O)CCOc1ccccc1)N1CCCCC1. The highest BCUT2D eigenvalue weighted by atomic mass is 16.5. The van der Waals surface area contributed by atoms with Crippen LogP contribution in [0.2, 0.25) is 0 Å². The lowest BCUT2D eigenvalue weighted by molar-refractivity contribution is -0.121. The number of amides is 1. The number of nitrogens with zero attached hydrogens (tertiary/aromatic N) is 1. The van der Waals surface area contributed by atoms with Crippen molar-refractivity contribution in [2.24, 2.45) is 5.92 Å². The average molecular weight is 318 g/mol. The topological polar surface area (TPSA) is 41.6 Å². The van der Waals surface area contributed by atoms with Gasteiger partial charge in [0.15, 0.2) is 0 Å². The zero-order chi connectivity index (χ0) is 16.5. The molecule has 23 heavy (non-hydrogen) atoms. The summed E-state index contributed by atoms with van der Waals surface area (Å²) in [5.74, 6) is 1.44. The largest absolute Gasteiger partial charge is 0.493 e. The van der Waals surface area contributed by atoms with Crippen LogP contribution in [-0.4, -0.2) is 43.1 Å². The van der Waals surface area contributed by atoms with Gasteiger partial charge in [-0.2, -0.15) is 0 Å². The average Bonchev–Trinajstić information content (AvgIpc) is 2.57. The standard InChI is InChI=1S/C19H30N2O2/c1-16(2)18(21-12-7-4-8-13-21)15-20-19(22)11-14-23-17-9-5-3-6-10-17/h3,5-6,9-10,16,18H,4,7-8,11-15H2,1-2H3,(H,20,22). The molecule has 0 saturated carbocycles. The summed E-state index contributed by atoms with van der Waals surface area (Å²) in [5.41, 5.74) is 0. The summed E-state index contributed by atoms with van der Waals surface area (Å²) < 4.78 is 5.58. The Morgan fingerprint density at radius 2 is 1.87 bits per heavy atom. The van der Waals surface area contributed by atoms with Crippen molar-refractivity contribution in [1.82, 2.24) is 10.2 Å². The van der Waals surface area contributed by atoms with Crippen LogP contribution in [0.5, 0.6) is 5.75 Å². The number of benzene rings is 1. The first-order chi connectivity index (χ1) is 11.2. The number of hydrogen-bond donors (Lipinski definition) is 1. The van der Waals surface area contributed by atoms with Crippen LogP contribution in [0, 0.1) is 5.92 Å². The minimum Gasteiger partial charge on any atom is -0.493 e. The molecule has 1 aliphatic rings. The molecule has 4 nitrogen and oxygen atoms in total.